The molecule has 1 rings (SSSR count). The summed E-state index contributed by atoms with van der Waals surface area (Å²) in [4.78, 5) is 0. The van der Waals surface area contributed by atoms with Gasteiger partial charge in [0.2, 0.25) is 0 Å². The number of nitrogens with zero attached hydrogens (tertiary/aromatic N) is 2. The summed E-state index contributed by atoms with van der Waals surface area (Å²) in [5.41, 5.74) is 0. The molecule has 0 fully saturated rings. The Morgan fingerprint density at radius 2 is 2.13 bits per heavy atom. The minimum Gasteiger partial charge on any atom is -0.365 e. The molecule has 1 N–H and O–H groups in total. The van der Waals surface area contributed by atoms with Gasteiger partial charge in [-0.2, -0.15) is 0 Å². The second-order valence-electron chi connectivity index (χ2n) is 3.38. The van der Waals surface area contributed by atoms with Gasteiger partial charge in [0.15, 0.2) is 5.15 Å². The molecule has 0 aliphatic heterocycles. The number of anilines is 1. The van der Waals surface area contributed by atoms with E-state index >= 15 is 0 Å². The van der Waals surface area contributed by atoms with Gasteiger partial charge >= 0.3 is 0 Å². The molecule has 0 radical (unpaired) electrons. The van der Waals surface area contributed by atoms with Crippen molar-refractivity contribution in [1.82, 2.24) is 10.2 Å². The third-order valence-corrected chi connectivity index (χ3v) is 2.89. The van der Waals surface area contributed by atoms with E-state index in [-0.39, 0.29) is 11.8 Å². The fourth-order valence-corrected chi connectivity index (χ4v) is 2.23. The van der Waals surface area contributed by atoms with E-state index < -0.39 is 9.84 Å². The number of sulfone groups is 1. The van der Waals surface area contributed by atoms with Crippen molar-refractivity contribution in [3.63, 3.8) is 0 Å². The maximum atomic E-state index is 11.0. The average molecular weight is 250 g/mol. The maximum absolute atomic E-state index is 11.0. The van der Waals surface area contributed by atoms with Gasteiger partial charge in [0.1, 0.15) is 15.7 Å². The summed E-state index contributed by atoms with van der Waals surface area (Å²) in [5.74, 6) is 0.563. The van der Waals surface area contributed by atoms with Gasteiger partial charge < -0.3 is 5.32 Å². The molecule has 0 bridgehead atoms. The van der Waals surface area contributed by atoms with Crippen molar-refractivity contribution in [3.8, 4) is 0 Å². The van der Waals surface area contributed by atoms with Gasteiger partial charge in [-0.25, -0.2) is 8.42 Å². The van der Waals surface area contributed by atoms with Crippen molar-refractivity contribution < 1.29 is 8.42 Å². The topological polar surface area (TPSA) is 72.0 Å². The van der Waals surface area contributed by atoms with Crippen LogP contribution in [0.1, 0.15) is 6.92 Å². The van der Waals surface area contributed by atoms with Crippen LogP contribution in [0.15, 0.2) is 12.1 Å². The van der Waals surface area contributed by atoms with Gasteiger partial charge in [0, 0.05) is 12.3 Å². The normalized spacial score (nSPS) is 13.5. The summed E-state index contributed by atoms with van der Waals surface area (Å²) in [7, 11) is -2.99. The molecule has 0 spiro atoms. The summed E-state index contributed by atoms with van der Waals surface area (Å²) in [6.45, 7) is 1.76. The molecule has 0 amide bonds. The molecule has 5 nitrogen and oxygen atoms in total. The van der Waals surface area contributed by atoms with Gasteiger partial charge in [-0.15, -0.1) is 10.2 Å². The van der Waals surface area contributed by atoms with Crippen molar-refractivity contribution in [2.75, 3.05) is 17.3 Å². The van der Waals surface area contributed by atoms with Crippen LogP contribution in [-0.2, 0) is 9.84 Å². The molecule has 1 heterocycles. The molecular formula is C8H12ClN3O2S. The van der Waals surface area contributed by atoms with Crippen molar-refractivity contribution in [1.29, 1.82) is 0 Å². The Morgan fingerprint density at radius 3 is 2.60 bits per heavy atom. The summed E-state index contributed by atoms with van der Waals surface area (Å²) < 4.78 is 22.0. The van der Waals surface area contributed by atoms with E-state index in [0.717, 1.165) is 0 Å². The molecule has 0 aromatic carbocycles. The first-order chi connectivity index (χ1) is 6.87. The lowest BCUT2D eigenvalue weighted by molar-refractivity contribution is 0.598. The minimum atomic E-state index is -2.99. The number of rotatable bonds is 4. The van der Waals surface area contributed by atoms with Gasteiger partial charge in [-0.05, 0) is 19.1 Å². The quantitative estimate of drug-likeness (QED) is 0.861. The third-order valence-electron chi connectivity index (χ3n) is 1.58. The van der Waals surface area contributed by atoms with Crippen LogP contribution < -0.4 is 5.32 Å². The predicted molar refractivity (Wildman–Crippen MR) is 59.8 cm³/mol. The van der Waals surface area contributed by atoms with Crippen LogP contribution in [0.25, 0.3) is 0 Å². The summed E-state index contributed by atoms with van der Waals surface area (Å²) >= 11 is 5.56. The monoisotopic (exact) mass is 249 g/mol. The van der Waals surface area contributed by atoms with Crippen LogP contribution in [0.2, 0.25) is 5.15 Å². The second kappa shape index (κ2) is 4.76. The zero-order chi connectivity index (χ0) is 11.5. The largest absolute Gasteiger partial charge is 0.365 e. The lowest BCUT2D eigenvalue weighted by Gasteiger charge is -2.12. The van der Waals surface area contributed by atoms with E-state index in [1.165, 1.54) is 6.26 Å². The third kappa shape index (κ3) is 4.94. The Bertz CT molecular complexity index is 418. The van der Waals surface area contributed by atoms with Gasteiger partial charge in [0.05, 0.1) is 5.75 Å². The number of hydrogen-bond donors (Lipinski definition) is 1. The Morgan fingerprint density at radius 1 is 1.47 bits per heavy atom. The molecule has 7 heteroatoms. The van der Waals surface area contributed by atoms with E-state index in [2.05, 4.69) is 15.5 Å². The van der Waals surface area contributed by atoms with E-state index in [4.69, 9.17) is 11.6 Å². The molecule has 1 atom stereocenters. The fourth-order valence-electron chi connectivity index (χ4n) is 1.14. The summed E-state index contributed by atoms with van der Waals surface area (Å²) in [6.07, 6.45) is 1.19. The predicted octanol–water partition coefficient (Wildman–Crippen LogP) is 0.975. The number of nitrogens with one attached hydrogen (secondary N) is 1. The van der Waals surface area contributed by atoms with Crippen LogP contribution in [-0.4, -0.2) is 36.7 Å². The molecular weight excluding hydrogens is 238 g/mol. The van der Waals surface area contributed by atoms with Crippen molar-refractivity contribution in [2.45, 2.75) is 13.0 Å². The van der Waals surface area contributed by atoms with Crippen molar-refractivity contribution >= 4 is 27.3 Å². The number of hydrogen-bond acceptors (Lipinski definition) is 5. The van der Waals surface area contributed by atoms with Crippen molar-refractivity contribution in [2.24, 2.45) is 0 Å². The Kier molecular flexibility index (Phi) is 3.87. The van der Waals surface area contributed by atoms with Crippen LogP contribution in [0.4, 0.5) is 5.82 Å². The Balaban J connectivity index is 2.59. The first-order valence-corrected chi connectivity index (χ1v) is 6.74. The highest BCUT2D eigenvalue weighted by Gasteiger charge is 2.10. The average Bonchev–Trinajstić information content (AvgIpc) is 2.05. The molecule has 15 heavy (non-hydrogen) atoms. The highest BCUT2D eigenvalue weighted by atomic mass is 35.5. The Hall–Kier alpha value is -0.880. The van der Waals surface area contributed by atoms with E-state index in [1.807, 2.05) is 0 Å². The van der Waals surface area contributed by atoms with Gasteiger partial charge in [0.25, 0.3) is 0 Å². The fraction of sp³-hybridized carbons (Fsp3) is 0.500. The molecule has 0 saturated carbocycles. The lowest BCUT2D eigenvalue weighted by atomic mass is 10.4. The standard InChI is InChI=1S/C8H12ClN3O2S/c1-6(5-15(2,13)14)10-8-4-3-7(9)11-12-8/h3-4,6H,5H2,1-2H3,(H,10,12). The van der Waals surface area contributed by atoms with E-state index in [0.29, 0.717) is 11.0 Å². The molecule has 1 unspecified atom stereocenters. The smallest absolute Gasteiger partial charge is 0.151 e. The second-order valence-corrected chi connectivity index (χ2v) is 5.95. The molecule has 0 aliphatic rings. The molecule has 0 aliphatic carbocycles. The van der Waals surface area contributed by atoms with Crippen molar-refractivity contribution in [3.05, 3.63) is 17.3 Å². The van der Waals surface area contributed by atoms with Crippen LogP contribution in [0.3, 0.4) is 0 Å². The maximum Gasteiger partial charge on any atom is 0.151 e. The lowest BCUT2D eigenvalue weighted by Crippen LogP contribution is -2.25. The zero-order valence-corrected chi connectivity index (χ0v) is 10.0. The first kappa shape index (κ1) is 12.2. The van der Waals surface area contributed by atoms with E-state index in [9.17, 15) is 8.42 Å². The van der Waals surface area contributed by atoms with Gasteiger partial charge in [-0.1, -0.05) is 11.6 Å². The highest BCUT2D eigenvalue weighted by molar-refractivity contribution is 7.90. The minimum absolute atomic E-state index is 0.0529. The van der Waals surface area contributed by atoms with Crippen LogP contribution >= 0.6 is 11.6 Å². The van der Waals surface area contributed by atoms with E-state index in [1.54, 1.807) is 19.1 Å². The molecule has 0 saturated heterocycles. The molecule has 1 aromatic rings. The zero-order valence-electron chi connectivity index (χ0n) is 8.44. The number of halogens is 1. The first-order valence-electron chi connectivity index (χ1n) is 4.30. The van der Waals surface area contributed by atoms with Crippen LogP contribution in [0.5, 0.6) is 0 Å². The number of aromatic nitrogens is 2. The SMILES string of the molecule is CC(CS(C)(=O)=O)Nc1ccc(Cl)nn1. The van der Waals surface area contributed by atoms with Crippen LogP contribution in [0, 0.1) is 0 Å². The summed E-state index contributed by atoms with van der Waals surface area (Å²) in [6, 6.07) is 3.02. The summed E-state index contributed by atoms with van der Waals surface area (Å²) in [5, 5.41) is 10.6. The van der Waals surface area contributed by atoms with Gasteiger partial charge in [-0.3, -0.25) is 0 Å². The molecule has 84 valence electrons. The Labute approximate surface area is 93.8 Å². The highest BCUT2D eigenvalue weighted by Crippen LogP contribution is 2.07. The molecule has 1 aromatic heterocycles.